The first-order chi connectivity index (χ1) is 43.6. The first-order valence-corrected chi connectivity index (χ1v) is 31.2. The maximum absolute atomic E-state index is 2.48. The molecule has 0 saturated carbocycles. The van der Waals surface area contributed by atoms with Gasteiger partial charge in [0.15, 0.2) is 0 Å². The van der Waals surface area contributed by atoms with Crippen molar-refractivity contribution in [3.05, 3.63) is 350 Å². The lowest BCUT2D eigenvalue weighted by molar-refractivity contribution is 0.768. The van der Waals surface area contributed by atoms with E-state index in [2.05, 4.69) is 337 Å². The zero-order chi connectivity index (χ0) is 57.9. The van der Waals surface area contributed by atoms with Crippen LogP contribution >= 0.6 is 11.3 Å². The van der Waals surface area contributed by atoms with Crippen molar-refractivity contribution in [3.8, 4) is 50.2 Å². The van der Waals surface area contributed by atoms with Gasteiger partial charge in [0.25, 0.3) is 0 Å². The van der Waals surface area contributed by atoms with Gasteiger partial charge in [0.05, 0.1) is 16.4 Å². The van der Waals surface area contributed by atoms with Gasteiger partial charge >= 0.3 is 0 Å². The molecule has 88 heavy (non-hydrogen) atoms. The Hall–Kier alpha value is -11.1. The van der Waals surface area contributed by atoms with E-state index in [0.29, 0.717) is 0 Å². The maximum atomic E-state index is 2.48. The molecule has 0 unspecified atom stereocenters. The molecule has 17 aromatic rings. The molecule has 3 heteroatoms. The van der Waals surface area contributed by atoms with E-state index in [1.165, 1.54) is 130 Å². The molecule has 2 nitrogen and oxygen atoms in total. The number of benzene rings is 15. The van der Waals surface area contributed by atoms with Crippen LogP contribution in [0.4, 0.5) is 17.1 Å². The summed E-state index contributed by atoms with van der Waals surface area (Å²) in [5, 5.41) is 12.7. The number of hydrogen-bond acceptors (Lipinski definition) is 2. The highest BCUT2D eigenvalue weighted by Crippen LogP contribution is 2.57. The molecule has 0 saturated heterocycles. The molecule has 1 aliphatic rings. The highest BCUT2D eigenvalue weighted by molar-refractivity contribution is 7.26. The highest BCUT2D eigenvalue weighted by Gasteiger charge is 2.46. The fourth-order valence-electron chi connectivity index (χ4n) is 14.9. The first kappa shape index (κ1) is 50.2. The summed E-state index contributed by atoms with van der Waals surface area (Å²) in [5.41, 5.74) is 21.0. The molecule has 0 N–H and O–H groups in total. The van der Waals surface area contributed by atoms with Crippen LogP contribution in [0.5, 0.6) is 0 Å². The molecule has 410 valence electrons. The zero-order valence-electron chi connectivity index (χ0n) is 48.0. The van der Waals surface area contributed by atoms with E-state index in [0.717, 1.165) is 33.9 Å². The summed E-state index contributed by atoms with van der Waals surface area (Å²) in [6.45, 7) is 0. The topological polar surface area (TPSA) is 8.17 Å². The normalized spacial score (nSPS) is 12.6. The SMILES string of the molecule is c1ccc(N(c2ccc(-c3ccc4c(c3)c3cc(-c5ccc(-c6cccc7c6sc6ccccc67)cc5)ccc3n4-c3ccc4c5ccccc5c5ccccc5c4c3)cc2)c2ccc3c(c2)C(c2ccccc2)(c2ccccc2)c2ccccc2-3)cc1. The third-order valence-electron chi connectivity index (χ3n) is 18.9. The van der Waals surface area contributed by atoms with Crippen LogP contribution in [-0.2, 0) is 5.41 Å². The van der Waals surface area contributed by atoms with E-state index in [1.54, 1.807) is 0 Å². The number of para-hydroxylation sites is 1. The van der Waals surface area contributed by atoms with Gasteiger partial charge in [-0.25, -0.2) is 0 Å². The van der Waals surface area contributed by atoms with Gasteiger partial charge in [-0.05, 0) is 178 Å². The number of thiophene rings is 1. The number of nitrogens with zero attached hydrogens (tertiary/aromatic N) is 2. The molecule has 0 atom stereocenters. The minimum absolute atomic E-state index is 0.516. The maximum Gasteiger partial charge on any atom is 0.0714 e. The van der Waals surface area contributed by atoms with Crippen molar-refractivity contribution in [1.82, 2.24) is 4.57 Å². The summed E-state index contributed by atoms with van der Waals surface area (Å²) in [4.78, 5) is 2.42. The summed E-state index contributed by atoms with van der Waals surface area (Å²) >= 11 is 1.88. The van der Waals surface area contributed by atoms with E-state index in [9.17, 15) is 0 Å². The largest absolute Gasteiger partial charge is 0.310 e. The van der Waals surface area contributed by atoms with E-state index >= 15 is 0 Å². The molecule has 1 aliphatic carbocycles. The van der Waals surface area contributed by atoms with Crippen molar-refractivity contribution in [2.45, 2.75) is 5.41 Å². The minimum Gasteiger partial charge on any atom is -0.310 e. The molecule has 0 fully saturated rings. The Balaban J connectivity index is 0.774. The Morgan fingerprint density at radius 2 is 0.727 bits per heavy atom. The third kappa shape index (κ3) is 7.67. The molecule has 18 rings (SSSR count). The second kappa shape index (κ2) is 20.0. The fourth-order valence-corrected chi connectivity index (χ4v) is 16.1. The zero-order valence-corrected chi connectivity index (χ0v) is 48.8. The van der Waals surface area contributed by atoms with Gasteiger partial charge in [-0.2, -0.15) is 0 Å². The van der Waals surface area contributed by atoms with Gasteiger partial charge < -0.3 is 9.47 Å². The molecule has 0 radical (unpaired) electrons. The Morgan fingerprint density at radius 3 is 1.38 bits per heavy atom. The van der Waals surface area contributed by atoms with Crippen LogP contribution in [-0.4, -0.2) is 4.57 Å². The molecule has 15 aromatic carbocycles. The smallest absolute Gasteiger partial charge is 0.0714 e. The molecule has 0 amide bonds. The Kier molecular flexibility index (Phi) is 11.4. The van der Waals surface area contributed by atoms with Crippen molar-refractivity contribution in [3.63, 3.8) is 0 Å². The van der Waals surface area contributed by atoms with Gasteiger partial charge in [0.1, 0.15) is 0 Å². The summed E-state index contributed by atoms with van der Waals surface area (Å²) in [5.74, 6) is 0. The predicted molar refractivity (Wildman–Crippen MR) is 374 cm³/mol. The average molecular weight is 1140 g/mol. The average Bonchev–Trinajstić information content (AvgIpc) is 1.62. The lowest BCUT2D eigenvalue weighted by Gasteiger charge is -2.35. The van der Waals surface area contributed by atoms with Crippen LogP contribution in [0.3, 0.4) is 0 Å². The van der Waals surface area contributed by atoms with Gasteiger partial charge in [-0.15, -0.1) is 11.3 Å². The van der Waals surface area contributed by atoms with E-state index in [4.69, 9.17) is 0 Å². The standard InChI is InChI=1S/C85H54N2S/c1-4-19-60(20-5-1)85(61-21-6-2-7-22-61)79-33-16-14-29-72(79)73-48-46-65(54-80(73)85)86(62-23-8-3-9-24-62)63-43-39-56(40-44-63)59-42-50-82-78(52-59)77-51-58(55-35-37-57(38-36-55)66-31-18-32-75-74-30-15-17-34-83(74)88-84(66)75)41-49-81(77)87(82)64-45-47-71-69-27-11-10-25-67(69)68-26-12-13-28-70(68)76(71)53-64/h1-54H. The second-order valence-electron chi connectivity index (χ2n) is 23.5. The lowest BCUT2D eigenvalue weighted by Crippen LogP contribution is -2.28. The first-order valence-electron chi connectivity index (χ1n) is 30.4. The number of aromatic nitrogens is 1. The lowest BCUT2D eigenvalue weighted by atomic mass is 9.67. The second-order valence-corrected chi connectivity index (χ2v) is 24.5. The van der Waals surface area contributed by atoms with Crippen LogP contribution < -0.4 is 4.90 Å². The van der Waals surface area contributed by atoms with Crippen LogP contribution in [0.1, 0.15) is 22.3 Å². The number of hydrogen-bond donors (Lipinski definition) is 0. The summed E-state index contributed by atoms with van der Waals surface area (Å²) in [7, 11) is 0. The summed E-state index contributed by atoms with van der Waals surface area (Å²) in [6.07, 6.45) is 0. The number of anilines is 3. The minimum atomic E-state index is -0.516. The molecule has 0 spiro atoms. The van der Waals surface area contributed by atoms with Crippen LogP contribution in [0.2, 0.25) is 0 Å². The third-order valence-corrected chi connectivity index (χ3v) is 20.1. The molecule has 2 aromatic heterocycles. The molecule has 0 bridgehead atoms. The monoisotopic (exact) mass is 1130 g/mol. The number of fused-ring (bicyclic) bond motifs is 15. The molecule has 0 aliphatic heterocycles. The van der Waals surface area contributed by atoms with Crippen LogP contribution in [0.15, 0.2) is 328 Å². The van der Waals surface area contributed by atoms with Crippen molar-refractivity contribution in [1.29, 1.82) is 0 Å². The van der Waals surface area contributed by atoms with Crippen LogP contribution in [0, 0.1) is 0 Å². The molecular weight excluding hydrogens is 1080 g/mol. The Bertz CT molecular complexity index is 5530. The molecular formula is C85H54N2S. The Labute approximate surface area is 514 Å². The Morgan fingerprint density at radius 1 is 0.261 bits per heavy atom. The number of rotatable bonds is 9. The van der Waals surface area contributed by atoms with E-state index in [1.807, 2.05) is 11.3 Å². The van der Waals surface area contributed by atoms with Crippen molar-refractivity contribution in [2.75, 3.05) is 4.90 Å². The van der Waals surface area contributed by atoms with Gasteiger partial charge in [-0.1, -0.05) is 249 Å². The highest BCUT2D eigenvalue weighted by atomic mass is 32.1. The van der Waals surface area contributed by atoms with Crippen molar-refractivity contribution < 1.29 is 0 Å². The van der Waals surface area contributed by atoms with Gasteiger partial charge in [0.2, 0.25) is 0 Å². The van der Waals surface area contributed by atoms with E-state index < -0.39 is 5.41 Å². The summed E-state index contributed by atoms with van der Waals surface area (Å²) < 4.78 is 5.14. The summed E-state index contributed by atoms with van der Waals surface area (Å²) in [6, 6.07) is 122. The van der Waals surface area contributed by atoms with Crippen molar-refractivity contribution in [2.24, 2.45) is 0 Å². The van der Waals surface area contributed by atoms with Gasteiger partial charge in [0, 0.05) is 53.7 Å². The predicted octanol–water partition coefficient (Wildman–Crippen LogP) is 23.4. The van der Waals surface area contributed by atoms with Crippen molar-refractivity contribution >= 4 is 103 Å². The van der Waals surface area contributed by atoms with Gasteiger partial charge in [-0.3, -0.25) is 0 Å². The fraction of sp³-hybridized carbons (Fsp3) is 0.0118. The van der Waals surface area contributed by atoms with Crippen LogP contribution in [0.25, 0.3) is 124 Å². The molecule has 2 heterocycles. The van der Waals surface area contributed by atoms with E-state index in [-0.39, 0.29) is 0 Å². The quantitative estimate of drug-likeness (QED) is 0.131.